The average Bonchev–Trinajstić information content (AvgIpc) is 2.51. The van der Waals surface area contributed by atoms with Crippen LogP contribution in [0.2, 0.25) is 0 Å². The number of hydrogen-bond acceptors (Lipinski definition) is 6. The summed E-state index contributed by atoms with van der Waals surface area (Å²) in [5, 5.41) is 20.7. The maximum atomic E-state index is 11.9. The first-order valence-electron chi connectivity index (χ1n) is 6.76. The molecule has 1 aromatic rings. The molecule has 0 aromatic heterocycles. The van der Waals surface area contributed by atoms with Crippen LogP contribution >= 0.6 is 0 Å². The highest BCUT2D eigenvalue weighted by molar-refractivity contribution is 5.81. The van der Waals surface area contributed by atoms with Crippen LogP contribution in [0.25, 0.3) is 0 Å². The van der Waals surface area contributed by atoms with E-state index >= 15 is 0 Å². The van der Waals surface area contributed by atoms with E-state index in [1.165, 1.54) is 21.3 Å². The van der Waals surface area contributed by atoms with Crippen molar-refractivity contribution in [1.82, 2.24) is 5.32 Å². The van der Waals surface area contributed by atoms with Crippen LogP contribution in [0.4, 0.5) is 0 Å². The zero-order chi connectivity index (χ0) is 17.6. The third kappa shape index (κ3) is 4.75. The van der Waals surface area contributed by atoms with Crippen LogP contribution in [-0.4, -0.2) is 55.6 Å². The van der Waals surface area contributed by atoms with E-state index in [1.54, 1.807) is 12.1 Å². The first-order valence-corrected chi connectivity index (χ1v) is 6.76. The number of rotatable bonds is 8. The molecule has 1 atom stereocenters. The number of nitrogens with one attached hydrogen (secondary N) is 1. The van der Waals surface area contributed by atoms with Gasteiger partial charge in [-0.05, 0) is 24.6 Å². The molecule has 0 aliphatic rings. The highest BCUT2D eigenvalue weighted by Gasteiger charge is 2.30. The van der Waals surface area contributed by atoms with E-state index < -0.39 is 24.0 Å². The number of carbonyl (C=O) groups is 2. The summed E-state index contributed by atoms with van der Waals surface area (Å²) in [5.74, 6) is -0.626. The molecule has 0 heterocycles. The van der Waals surface area contributed by atoms with Crippen LogP contribution in [0, 0.1) is 0 Å². The van der Waals surface area contributed by atoms with Crippen LogP contribution in [-0.2, 0) is 16.0 Å². The van der Waals surface area contributed by atoms with Gasteiger partial charge in [-0.25, -0.2) is 4.79 Å². The van der Waals surface area contributed by atoms with Gasteiger partial charge in [0.05, 0.1) is 34.3 Å². The second-order valence-corrected chi connectivity index (χ2v) is 5.07. The van der Waals surface area contributed by atoms with Crippen molar-refractivity contribution < 1.29 is 34.0 Å². The van der Waals surface area contributed by atoms with E-state index in [9.17, 15) is 14.7 Å². The Morgan fingerprint density at radius 3 is 2.04 bits per heavy atom. The van der Waals surface area contributed by atoms with Crippen LogP contribution in [0.1, 0.15) is 12.5 Å². The molecular weight excluding hydrogens is 306 g/mol. The van der Waals surface area contributed by atoms with Gasteiger partial charge in [-0.3, -0.25) is 4.79 Å². The van der Waals surface area contributed by atoms with Gasteiger partial charge < -0.3 is 29.7 Å². The third-order valence-electron chi connectivity index (χ3n) is 3.18. The van der Waals surface area contributed by atoms with Crippen molar-refractivity contribution in [1.29, 1.82) is 0 Å². The Morgan fingerprint density at radius 1 is 1.13 bits per heavy atom. The zero-order valence-corrected chi connectivity index (χ0v) is 13.5. The predicted molar refractivity (Wildman–Crippen MR) is 81.1 cm³/mol. The van der Waals surface area contributed by atoms with Crippen molar-refractivity contribution in [3.63, 3.8) is 0 Å². The molecule has 1 amide bonds. The lowest BCUT2D eigenvalue weighted by molar-refractivity contribution is -0.156. The molecule has 1 unspecified atom stereocenters. The van der Waals surface area contributed by atoms with E-state index in [4.69, 9.17) is 19.3 Å². The van der Waals surface area contributed by atoms with Gasteiger partial charge >= 0.3 is 5.97 Å². The summed E-state index contributed by atoms with van der Waals surface area (Å²) in [5.41, 5.74) is -1.43. The summed E-state index contributed by atoms with van der Waals surface area (Å²) < 4.78 is 15.6. The highest BCUT2D eigenvalue weighted by atomic mass is 16.5. The maximum Gasteiger partial charge on any atom is 0.337 e. The lowest BCUT2D eigenvalue weighted by Crippen LogP contribution is -2.46. The molecule has 0 saturated carbocycles. The van der Waals surface area contributed by atoms with Gasteiger partial charge in [-0.1, -0.05) is 0 Å². The van der Waals surface area contributed by atoms with Gasteiger partial charge in [0.25, 0.3) is 0 Å². The Balaban J connectivity index is 2.84. The fourth-order valence-electron chi connectivity index (χ4n) is 1.83. The molecule has 0 spiro atoms. The fourth-order valence-corrected chi connectivity index (χ4v) is 1.83. The zero-order valence-electron chi connectivity index (χ0n) is 13.5. The Hall–Kier alpha value is -2.48. The Labute approximate surface area is 134 Å². The van der Waals surface area contributed by atoms with Crippen molar-refractivity contribution in [3.8, 4) is 17.2 Å². The van der Waals surface area contributed by atoms with Gasteiger partial charge in [0.2, 0.25) is 11.7 Å². The van der Waals surface area contributed by atoms with Crippen LogP contribution in [0.3, 0.4) is 0 Å². The number of amides is 1. The summed E-state index contributed by atoms with van der Waals surface area (Å²) in [6.07, 6.45) is -0.0353. The van der Waals surface area contributed by atoms with Gasteiger partial charge in [-0.2, -0.15) is 0 Å². The molecule has 0 bridgehead atoms. The van der Waals surface area contributed by atoms with Crippen LogP contribution in [0.5, 0.6) is 17.2 Å². The number of hydrogen-bond donors (Lipinski definition) is 3. The normalized spacial score (nSPS) is 12.9. The fraction of sp³-hybridized carbons (Fsp3) is 0.467. The summed E-state index contributed by atoms with van der Waals surface area (Å²) in [6, 6.07) is 3.24. The first-order chi connectivity index (χ1) is 10.7. The highest BCUT2D eigenvalue weighted by Crippen LogP contribution is 2.38. The van der Waals surface area contributed by atoms with Crippen molar-refractivity contribution in [2.75, 3.05) is 27.9 Å². The standard InChI is InChI=1S/C15H21NO7/c1-15(20,14(18)19)8-16-12(17)7-9-5-10(21-2)13(23-4)11(6-9)22-3/h5-6,20H,7-8H2,1-4H3,(H,16,17)(H,18,19). The summed E-state index contributed by atoms with van der Waals surface area (Å²) in [4.78, 5) is 22.7. The smallest absolute Gasteiger partial charge is 0.337 e. The van der Waals surface area contributed by atoms with Crippen molar-refractivity contribution in [3.05, 3.63) is 17.7 Å². The molecule has 0 aliphatic heterocycles. The second kappa shape index (κ2) is 7.68. The monoisotopic (exact) mass is 327 g/mol. The quantitative estimate of drug-likeness (QED) is 0.625. The molecule has 23 heavy (non-hydrogen) atoms. The molecule has 8 nitrogen and oxygen atoms in total. The molecule has 3 N–H and O–H groups in total. The number of benzene rings is 1. The number of ether oxygens (including phenoxy) is 3. The minimum Gasteiger partial charge on any atom is -0.493 e. The summed E-state index contributed by atoms with van der Waals surface area (Å²) in [7, 11) is 4.40. The van der Waals surface area contributed by atoms with Crippen molar-refractivity contribution >= 4 is 11.9 Å². The SMILES string of the molecule is COc1cc(CC(=O)NCC(C)(O)C(=O)O)cc(OC)c1OC. The minimum atomic E-state index is -2.02. The van der Waals surface area contributed by atoms with Gasteiger partial charge in [-0.15, -0.1) is 0 Å². The number of carbonyl (C=O) groups excluding carboxylic acids is 1. The number of carboxylic acid groups (broad SMARTS) is 1. The Kier molecular flexibility index (Phi) is 6.20. The van der Waals surface area contributed by atoms with Crippen molar-refractivity contribution in [2.45, 2.75) is 18.9 Å². The number of carboxylic acids is 1. The van der Waals surface area contributed by atoms with E-state index in [0.717, 1.165) is 6.92 Å². The van der Waals surface area contributed by atoms with Crippen molar-refractivity contribution in [2.24, 2.45) is 0 Å². The Morgan fingerprint density at radius 2 is 1.65 bits per heavy atom. The first kappa shape index (κ1) is 18.6. The maximum absolute atomic E-state index is 11.9. The van der Waals surface area contributed by atoms with E-state index in [0.29, 0.717) is 22.8 Å². The molecule has 128 valence electrons. The lowest BCUT2D eigenvalue weighted by atomic mass is 10.1. The molecule has 0 radical (unpaired) electrons. The van der Waals surface area contributed by atoms with Gasteiger partial charge in [0.1, 0.15) is 0 Å². The number of aliphatic hydroxyl groups is 1. The average molecular weight is 327 g/mol. The second-order valence-electron chi connectivity index (χ2n) is 5.07. The molecule has 1 rings (SSSR count). The largest absolute Gasteiger partial charge is 0.493 e. The molecule has 0 saturated heterocycles. The molecule has 1 aromatic carbocycles. The molecular formula is C15H21NO7. The van der Waals surface area contributed by atoms with Gasteiger partial charge in [0, 0.05) is 0 Å². The molecule has 0 fully saturated rings. The van der Waals surface area contributed by atoms with Gasteiger partial charge in [0.15, 0.2) is 17.1 Å². The molecule has 8 heteroatoms. The summed E-state index contributed by atoms with van der Waals surface area (Å²) >= 11 is 0. The summed E-state index contributed by atoms with van der Waals surface area (Å²) in [6.45, 7) is 0.709. The van der Waals surface area contributed by atoms with Crippen LogP contribution in [0.15, 0.2) is 12.1 Å². The predicted octanol–water partition coefficient (Wildman–Crippen LogP) is 0.207. The minimum absolute atomic E-state index is 0.0353. The molecule has 0 aliphatic carbocycles. The Bertz CT molecular complexity index is 558. The van der Waals surface area contributed by atoms with E-state index in [-0.39, 0.29) is 6.42 Å². The number of methoxy groups -OCH3 is 3. The number of aliphatic carboxylic acids is 1. The van der Waals surface area contributed by atoms with Crippen LogP contribution < -0.4 is 19.5 Å². The third-order valence-corrected chi connectivity index (χ3v) is 3.18. The lowest BCUT2D eigenvalue weighted by Gasteiger charge is -2.18. The topological polar surface area (TPSA) is 114 Å². The van der Waals surface area contributed by atoms with E-state index in [1.807, 2.05) is 0 Å². The van der Waals surface area contributed by atoms with E-state index in [2.05, 4.69) is 5.32 Å².